The highest BCUT2D eigenvalue weighted by Crippen LogP contribution is 2.41. The van der Waals surface area contributed by atoms with Gasteiger partial charge in [-0.05, 0) is 89.4 Å². The molecule has 0 saturated heterocycles. The third-order valence-electron chi connectivity index (χ3n) is 7.40. The molecule has 1 nitrogen and oxygen atoms in total. The maximum Gasteiger partial charge on any atom is -0.00124 e. The highest BCUT2D eigenvalue weighted by molar-refractivity contribution is 5.35. The van der Waals surface area contributed by atoms with Gasteiger partial charge in [0, 0.05) is 0 Å². The first kappa shape index (κ1) is 43.7. The van der Waals surface area contributed by atoms with E-state index in [0.717, 1.165) is 18.3 Å². The van der Waals surface area contributed by atoms with E-state index in [1.165, 1.54) is 92.9 Å². The smallest absolute Gasteiger partial charge is 0.00124 e. The maximum atomic E-state index is 4.08. The van der Waals surface area contributed by atoms with Crippen LogP contribution in [0.1, 0.15) is 161 Å². The van der Waals surface area contributed by atoms with Gasteiger partial charge in [-0.3, -0.25) is 0 Å². The second-order valence-corrected chi connectivity index (χ2v) is 12.5. The maximum absolute atomic E-state index is 4.08. The lowest BCUT2D eigenvalue weighted by Gasteiger charge is -2.19. The molecule has 2 N–H and O–H groups in total. The van der Waals surface area contributed by atoms with Crippen LogP contribution in [0.25, 0.3) is 0 Å². The van der Waals surface area contributed by atoms with Crippen molar-refractivity contribution >= 4 is 0 Å². The first-order chi connectivity index (χ1) is 16.4. The van der Waals surface area contributed by atoms with E-state index in [9.17, 15) is 0 Å². The molecule has 2 aliphatic carbocycles. The first-order valence-electron chi connectivity index (χ1n) is 14.7. The molecule has 0 aromatic rings. The fourth-order valence-corrected chi connectivity index (χ4v) is 5.21. The zero-order valence-electron chi connectivity index (χ0n) is 26.2. The first-order valence-corrected chi connectivity index (χ1v) is 14.7. The van der Waals surface area contributed by atoms with E-state index in [1.807, 2.05) is 0 Å². The van der Waals surface area contributed by atoms with Crippen molar-refractivity contribution in [2.75, 3.05) is 0 Å². The Morgan fingerprint density at radius 2 is 1.45 bits per heavy atom. The van der Waals surface area contributed by atoms with Crippen molar-refractivity contribution in [1.82, 2.24) is 0 Å². The average Bonchev–Trinajstić information content (AvgIpc) is 3.41. The van der Waals surface area contributed by atoms with Crippen molar-refractivity contribution in [2.45, 2.75) is 161 Å². The number of rotatable bonds is 10. The third-order valence-corrected chi connectivity index (χ3v) is 7.40. The summed E-state index contributed by atoms with van der Waals surface area (Å²) < 4.78 is 0. The van der Waals surface area contributed by atoms with Crippen molar-refractivity contribution in [2.24, 2.45) is 17.3 Å². The van der Waals surface area contributed by atoms with Crippen LogP contribution in [0.5, 0.6) is 0 Å². The van der Waals surface area contributed by atoms with E-state index in [0.29, 0.717) is 5.41 Å². The number of hydrogen-bond donors (Lipinski definition) is 0. The Kier molecular flexibility index (Phi) is 27.1. The molecule has 0 spiro atoms. The zero-order valence-corrected chi connectivity index (χ0v) is 26.2. The molecule has 1 heteroatoms. The molecule has 1 unspecified atom stereocenters. The van der Waals surface area contributed by atoms with E-state index in [2.05, 4.69) is 94.5 Å². The van der Waals surface area contributed by atoms with Gasteiger partial charge in [-0.2, -0.15) is 0 Å². The van der Waals surface area contributed by atoms with E-state index < -0.39 is 0 Å². The second kappa shape index (κ2) is 23.5. The topological polar surface area (TPSA) is 31.5 Å². The van der Waals surface area contributed by atoms with E-state index in [1.54, 1.807) is 11.1 Å². The molecule has 0 radical (unpaired) electrons. The minimum absolute atomic E-state index is 0. The van der Waals surface area contributed by atoms with Gasteiger partial charge < -0.3 is 5.48 Å². The Hall–Kier alpha value is -1.34. The Bertz CT molecular complexity index is 716. The van der Waals surface area contributed by atoms with Crippen LogP contribution < -0.4 is 0 Å². The number of unbranched alkanes of at least 4 members (excludes halogenated alkanes) is 1. The van der Waals surface area contributed by atoms with Crippen molar-refractivity contribution in [3.8, 4) is 0 Å². The van der Waals surface area contributed by atoms with Crippen LogP contribution in [0.3, 0.4) is 0 Å². The van der Waals surface area contributed by atoms with E-state index >= 15 is 0 Å². The highest BCUT2D eigenvalue weighted by atomic mass is 16.0. The molecule has 0 bridgehead atoms. The summed E-state index contributed by atoms with van der Waals surface area (Å²) in [5, 5.41) is 0. The van der Waals surface area contributed by atoms with Gasteiger partial charge in [0.15, 0.2) is 0 Å². The second-order valence-electron chi connectivity index (χ2n) is 12.5. The Morgan fingerprint density at radius 1 is 0.895 bits per heavy atom. The van der Waals surface area contributed by atoms with Crippen LogP contribution in [0, 0.1) is 17.3 Å². The molecule has 0 amide bonds. The monoisotopic (exact) mass is 533 g/mol. The van der Waals surface area contributed by atoms with Crippen LogP contribution in [0.15, 0.2) is 58.7 Å². The van der Waals surface area contributed by atoms with E-state index in [-0.39, 0.29) is 20.3 Å². The molecule has 1 saturated carbocycles. The SMILES string of the molecule is C.C.C=C(C)C/C(C)=C(/C)CC.C=C(CCCC)CC(C)(C)C.CCCC1=CC=C(C2CCCC2)C1C.O. The molecule has 226 valence electrons. The molecule has 38 heavy (non-hydrogen) atoms. The molecular weight excluding hydrogens is 460 g/mol. The Labute approximate surface area is 242 Å². The van der Waals surface area contributed by atoms with Gasteiger partial charge in [-0.1, -0.05) is 148 Å². The largest absolute Gasteiger partial charge is 0.412 e. The third kappa shape index (κ3) is 19.7. The molecule has 0 aromatic carbocycles. The summed E-state index contributed by atoms with van der Waals surface area (Å²) in [6, 6.07) is 0. The van der Waals surface area contributed by atoms with Gasteiger partial charge >= 0.3 is 0 Å². The van der Waals surface area contributed by atoms with E-state index in [4.69, 9.17) is 0 Å². The van der Waals surface area contributed by atoms with Crippen molar-refractivity contribution in [1.29, 1.82) is 0 Å². The summed E-state index contributed by atoms with van der Waals surface area (Å²) in [6.45, 7) is 30.3. The van der Waals surface area contributed by atoms with Gasteiger partial charge in [-0.15, -0.1) is 0 Å². The van der Waals surface area contributed by atoms with Crippen LogP contribution in [-0.2, 0) is 0 Å². The van der Waals surface area contributed by atoms with Crippen LogP contribution in [0.4, 0.5) is 0 Å². The molecule has 0 aromatic heterocycles. The summed E-state index contributed by atoms with van der Waals surface area (Å²) in [5.41, 5.74) is 9.49. The minimum Gasteiger partial charge on any atom is -0.412 e. The van der Waals surface area contributed by atoms with Crippen LogP contribution in [0.2, 0.25) is 0 Å². The molecular formula is C37H72O. The normalized spacial score (nSPS) is 17.1. The Balaban J connectivity index is -0.000000224. The summed E-state index contributed by atoms with van der Waals surface area (Å²) in [5.74, 6) is 1.69. The van der Waals surface area contributed by atoms with Crippen molar-refractivity contribution < 1.29 is 5.48 Å². The van der Waals surface area contributed by atoms with Gasteiger partial charge in [0.05, 0.1) is 0 Å². The quantitative estimate of drug-likeness (QED) is 0.250. The minimum atomic E-state index is 0. The molecule has 0 heterocycles. The average molecular weight is 533 g/mol. The lowest BCUT2D eigenvalue weighted by molar-refractivity contribution is 0.403. The standard InChI is InChI=1S/C14H22.C11H22.C10H18.2CH4.H2O/c1-3-6-12-9-10-14(11(12)2)13-7-4-5-8-13;1-6-7-8-10(2)9-11(3,4)5;1-6-9(4)10(5)7-8(2)3;;;/h9-11,13H,3-8H2,1-2H3;2,6-9H2,1,3-5H3;2,6-7H2,1,3-5H3;2*1H4;1H2/b;;10-9-;;;. The lowest BCUT2D eigenvalue weighted by atomic mass is 9.86. The molecule has 2 rings (SSSR count). The van der Waals surface area contributed by atoms with Crippen molar-refractivity contribution in [3.63, 3.8) is 0 Å². The van der Waals surface area contributed by atoms with Gasteiger partial charge in [-0.25, -0.2) is 0 Å². The highest BCUT2D eigenvalue weighted by Gasteiger charge is 2.26. The lowest BCUT2D eigenvalue weighted by Crippen LogP contribution is -2.07. The number of hydrogen-bond acceptors (Lipinski definition) is 0. The predicted molar refractivity (Wildman–Crippen MR) is 180 cm³/mol. The summed E-state index contributed by atoms with van der Waals surface area (Å²) in [7, 11) is 0. The van der Waals surface area contributed by atoms with Gasteiger partial charge in [0.25, 0.3) is 0 Å². The summed E-state index contributed by atoms with van der Waals surface area (Å²) in [4.78, 5) is 0. The number of allylic oxidation sites excluding steroid dienone is 8. The van der Waals surface area contributed by atoms with Crippen LogP contribution >= 0.6 is 0 Å². The fraction of sp³-hybridized carbons (Fsp3) is 0.730. The van der Waals surface area contributed by atoms with Crippen LogP contribution in [-0.4, -0.2) is 5.48 Å². The zero-order chi connectivity index (χ0) is 27.0. The fourth-order valence-electron chi connectivity index (χ4n) is 5.21. The molecule has 1 fully saturated rings. The molecule has 0 aliphatic heterocycles. The summed E-state index contributed by atoms with van der Waals surface area (Å²) >= 11 is 0. The molecule has 2 aliphatic rings. The summed E-state index contributed by atoms with van der Waals surface area (Å²) in [6.07, 6.45) is 20.4. The van der Waals surface area contributed by atoms with Crippen molar-refractivity contribution in [3.05, 3.63) is 58.7 Å². The predicted octanol–water partition coefficient (Wildman–Crippen LogP) is 12.8. The molecule has 1 atom stereocenters. The van der Waals surface area contributed by atoms with Gasteiger partial charge in [0.1, 0.15) is 0 Å². The van der Waals surface area contributed by atoms with Gasteiger partial charge in [0.2, 0.25) is 0 Å². The Morgan fingerprint density at radius 3 is 1.87 bits per heavy atom.